The Bertz CT molecular complexity index is 1310. The number of para-hydroxylation sites is 2. The predicted molar refractivity (Wildman–Crippen MR) is 149 cm³/mol. The first-order valence-corrected chi connectivity index (χ1v) is 13.0. The fourth-order valence-corrected chi connectivity index (χ4v) is 6.76. The summed E-state index contributed by atoms with van der Waals surface area (Å²) in [7, 11) is -0.726. The van der Waals surface area contributed by atoms with Gasteiger partial charge in [-0.3, -0.25) is 0 Å². The predicted octanol–water partition coefficient (Wildman–Crippen LogP) is 7.09. The Morgan fingerprint density at radius 3 is 1.74 bits per heavy atom. The SMILES string of the molecule is Cc1ccccc1Nc1c(Cc2ccccc2)cccc1P(c1ccccc1)c1ccccc1. The maximum absolute atomic E-state index is 3.87. The molecule has 0 saturated heterocycles. The van der Waals surface area contributed by atoms with E-state index in [0.29, 0.717) is 0 Å². The van der Waals surface area contributed by atoms with Crippen LogP contribution >= 0.6 is 7.92 Å². The molecule has 0 heterocycles. The summed E-state index contributed by atoms with van der Waals surface area (Å²) in [5.74, 6) is 0. The summed E-state index contributed by atoms with van der Waals surface area (Å²) in [6.07, 6.45) is 0.885. The number of benzene rings is 5. The van der Waals surface area contributed by atoms with Crippen molar-refractivity contribution in [3.8, 4) is 0 Å². The molecule has 1 nitrogen and oxygen atoms in total. The van der Waals surface area contributed by atoms with Crippen LogP contribution in [-0.2, 0) is 6.42 Å². The highest BCUT2D eigenvalue weighted by Gasteiger charge is 2.22. The Hall–Kier alpha value is -3.67. The third-order valence-electron chi connectivity index (χ3n) is 6.04. The van der Waals surface area contributed by atoms with E-state index in [1.165, 1.54) is 38.3 Å². The first-order chi connectivity index (χ1) is 16.8. The lowest BCUT2D eigenvalue weighted by atomic mass is 10.0. The molecule has 5 aromatic carbocycles. The molecule has 2 heteroatoms. The van der Waals surface area contributed by atoms with Crippen LogP contribution in [0, 0.1) is 6.92 Å². The topological polar surface area (TPSA) is 12.0 Å². The molecule has 0 aliphatic rings. The third-order valence-corrected chi connectivity index (χ3v) is 8.52. The van der Waals surface area contributed by atoms with Gasteiger partial charge in [0.05, 0.1) is 5.69 Å². The second-order valence-electron chi connectivity index (χ2n) is 8.42. The van der Waals surface area contributed by atoms with Gasteiger partial charge >= 0.3 is 0 Å². The lowest BCUT2D eigenvalue weighted by Crippen LogP contribution is -2.23. The van der Waals surface area contributed by atoms with Crippen LogP contribution in [0.1, 0.15) is 16.7 Å². The summed E-state index contributed by atoms with van der Waals surface area (Å²) in [5.41, 5.74) is 6.24. The summed E-state index contributed by atoms with van der Waals surface area (Å²) < 4.78 is 0. The van der Waals surface area contributed by atoms with Crippen LogP contribution in [0.25, 0.3) is 0 Å². The van der Waals surface area contributed by atoms with E-state index in [4.69, 9.17) is 0 Å². The van der Waals surface area contributed by atoms with E-state index < -0.39 is 7.92 Å². The van der Waals surface area contributed by atoms with E-state index in [2.05, 4.69) is 146 Å². The molecule has 0 aromatic heterocycles. The average molecular weight is 458 g/mol. The molecule has 0 amide bonds. The van der Waals surface area contributed by atoms with E-state index in [1.807, 2.05) is 0 Å². The Kier molecular flexibility index (Phi) is 6.84. The zero-order valence-corrected chi connectivity index (χ0v) is 20.3. The normalized spacial score (nSPS) is 10.9. The molecular weight excluding hydrogens is 429 g/mol. The van der Waals surface area contributed by atoms with E-state index in [0.717, 1.165) is 12.1 Å². The monoisotopic (exact) mass is 457 g/mol. The van der Waals surface area contributed by atoms with Crippen molar-refractivity contribution in [2.24, 2.45) is 0 Å². The molecule has 0 fully saturated rings. The average Bonchev–Trinajstić information content (AvgIpc) is 2.89. The van der Waals surface area contributed by atoms with Crippen molar-refractivity contribution >= 4 is 35.2 Å². The van der Waals surface area contributed by atoms with Crippen LogP contribution in [0.5, 0.6) is 0 Å². The highest BCUT2D eigenvalue weighted by Crippen LogP contribution is 2.38. The van der Waals surface area contributed by atoms with Crippen molar-refractivity contribution in [2.45, 2.75) is 13.3 Å². The molecule has 0 spiro atoms. The van der Waals surface area contributed by atoms with Crippen LogP contribution in [-0.4, -0.2) is 0 Å². The smallest absolute Gasteiger partial charge is 0.0505 e. The maximum atomic E-state index is 3.87. The van der Waals surface area contributed by atoms with Gasteiger partial charge in [-0.25, -0.2) is 0 Å². The van der Waals surface area contributed by atoms with E-state index in [-0.39, 0.29) is 0 Å². The quantitative estimate of drug-likeness (QED) is 0.257. The van der Waals surface area contributed by atoms with E-state index >= 15 is 0 Å². The van der Waals surface area contributed by atoms with Crippen molar-refractivity contribution in [3.05, 3.63) is 150 Å². The number of hydrogen-bond acceptors (Lipinski definition) is 1. The largest absolute Gasteiger partial charge is 0.355 e. The molecule has 5 rings (SSSR count). The molecule has 0 bridgehead atoms. The number of rotatable bonds is 7. The zero-order chi connectivity index (χ0) is 23.2. The van der Waals surface area contributed by atoms with Gasteiger partial charge in [-0.2, -0.15) is 0 Å². The van der Waals surface area contributed by atoms with Crippen LogP contribution in [0.4, 0.5) is 11.4 Å². The molecule has 5 aromatic rings. The molecule has 0 saturated carbocycles. The van der Waals surface area contributed by atoms with Crippen molar-refractivity contribution in [1.82, 2.24) is 0 Å². The van der Waals surface area contributed by atoms with Gasteiger partial charge in [-0.05, 0) is 54.6 Å². The van der Waals surface area contributed by atoms with Crippen molar-refractivity contribution in [1.29, 1.82) is 0 Å². The van der Waals surface area contributed by atoms with Crippen molar-refractivity contribution < 1.29 is 0 Å². The Balaban J connectivity index is 1.70. The van der Waals surface area contributed by atoms with Gasteiger partial charge in [-0.1, -0.05) is 127 Å². The molecule has 34 heavy (non-hydrogen) atoms. The van der Waals surface area contributed by atoms with Gasteiger partial charge < -0.3 is 5.32 Å². The van der Waals surface area contributed by atoms with Crippen LogP contribution < -0.4 is 21.2 Å². The summed E-state index contributed by atoms with van der Waals surface area (Å²) in [6, 6.07) is 47.9. The molecule has 1 N–H and O–H groups in total. The van der Waals surface area contributed by atoms with Gasteiger partial charge in [0.15, 0.2) is 0 Å². The molecule has 0 atom stereocenters. The number of anilines is 2. The Morgan fingerprint density at radius 2 is 1.12 bits per heavy atom. The van der Waals surface area contributed by atoms with Crippen LogP contribution in [0.15, 0.2) is 133 Å². The van der Waals surface area contributed by atoms with E-state index in [1.54, 1.807) is 0 Å². The standard InChI is InChI=1S/C32H28NP/c1-25-14-11-12-22-30(25)33-32-27(24-26-15-5-2-6-16-26)17-13-23-31(32)34(28-18-7-3-8-19-28)29-20-9-4-10-21-29/h2-23,33H,24H2,1H3. The maximum Gasteiger partial charge on any atom is 0.0505 e. The zero-order valence-electron chi connectivity index (χ0n) is 19.4. The molecule has 0 aliphatic carbocycles. The van der Waals surface area contributed by atoms with Gasteiger partial charge in [0, 0.05) is 11.0 Å². The summed E-state index contributed by atoms with van der Waals surface area (Å²) in [4.78, 5) is 0. The van der Waals surface area contributed by atoms with E-state index in [9.17, 15) is 0 Å². The minimum absolute atomic E-state index is 0.726. The number of nitrogens with one attached hydrogen (secondary N) is 1. The summed E-state index contributed by atoms with van der Waals surface area (Å²) >= 11 is 0. The minimum atomic E-state index is -0.726. The number of hydrogen-bond donors (Lipinski definition) is 1. The Labute approximate surface area is 203 Å². The summed E-state index contributed by atoms with van der Waals surface area (Å²) in [6.45, 7) is 2.17. The van der Waals surface area contributed by atoms with Crippen molar-refractivity contribution in [2.75, 3.05) is 5.32 Å². The fraction of sp³-hybridized carbons (Fsp3) is 0.0625. The van der Waals surface area contributed by atoms with Gasteiger partial charge in [0.2, 0.25) is 0 Å². The molecule has 0 radical (unpaired) electrons. The van der Waals surface area contributed by atoms with Crippen LogP contribution in [0.2, 0.25) is 0 Å². The summed E-state index contributed by atoms with van der Waals surface area (Å²) in [5, 5.41) is 7.93. The van der Waals surface area contributed by atoms with Crippen LogP contribution in [0.3, 0.4) is 0 Å². The number of aryl methyl sites for hydroxylation is 1. The van der Waals surface area contributed by atoms with Gasteiger partial charge in [-0.15, -0.1) is 0 Å². The lowest BCUT2D eigenvalue weighted by Gasteiger charge is -2.25. The minimum Gasteiger partial charge on any atom is -0.355 e. The molecule has 0 aliphatic heterocycles. The van der Waals surface area contributed by atoms with Gasteiger partial charge in [0.25, 0.3) is 0 Å². The highest BCUT2D eigenvalue weighted by molar-refractivity contribution is 7.80. The molecule has 166 valence electrons. The molecule has 0 unspecified atom stereocenters. The first kappa shape index (κ1) is 22.1. The highest BCUT2D eigenvalue weighted by atomic mass is 31.1. The second-order valence-corrected chi connectivity index (χ2v) is 10.6. The lowest BCUT2D eigenvalue weighted by molar-refractivity contribution is 1.19. The Morgan fingerprint density at radius 1 is 0.559 bits per heavy atom. The third kappa shape index (κ3) is 4.96. The second kappa shape index (κ2) is 10.5. The molecular formula is C32H28NP. The van der Waals surface area contributed by atoms with Gasteiger partial charge in [0.1, 0.15) is 0 Å². The fourth-order valence-electron chi connectivity index (χ4n) is 4.31. The van der Waals surface area contributed by atoms with Crippen molar-refractivity contribution in [3.63, 3.8) is 0 Å². The first-order valence-electron chi connectivity index (χ1n) is 11.7.